The maximum Gasteiger partial charge on any atom is 0.266 e. The Morgan fingerprint density at radius 3 is 1.80 bits per heavy atom. The fraction of sp³-hybridized carbons (Fsp3) is 0.159. The minimum atomic E-state index is -1.04. The number of anilines is 1. The van der Waals surface area contributed by atoms with Gasteiger partial charge >= 0.3 is 0 Å². The molecule has 3 heterocycles. The van der Waals surface area contributed by atoms with Crippen molar-refractivity contribution in [3.05, 3.63) is 186 Å². The quantitative estimate of drug-likeness (QED) is 0.0613. The molecule has 1 aliphatic rings. The first kappa shape index (κ1) is 37.1. The van der Waals surface area contributed by atoms with Gasteiger partial charge in [-0.25, -0.2) is 19.9 Å². The molecule has 0 saturated carbocycles. The second-order valence-electron chi connectivity index (χ2n) is 13.2. The van der Waals surface area contributed by atoms with Crippen molar-refractivity contribution < 1.29 is 28.9 Å². The van der Waals surface area contributed by atoms with Gasteiger partial charge in [-0.2, -0.15) is 0 Å². The van der Waals surface area contributed by atoms with Crippen molar-refractivity contribution in [3.63, 3.8) is 0 Å². The third-order valence-corrected chi connectivity index (χ3v) is 11.4. The monoisotopic (exact) mass is 857 g/mol. The minimum Gasteiger partial charge on any atom is -0.497 e. The van der Waals surface area contributed by atoms with E-state index < -0.39 is 39.8 Å². The highest BCUT2D eigenvalue weighted by molar-refractivity contribution is 14.1. The maximum absolute atomic E-state index is 14.0. The van der Waals surface area contributed by atoms with Gasteiger partial charge in [0.15, 0.2) is 23.2 Å². The molecule has 1 aliphatic heterocycles. The number of aliphatic hydroxyl groups excluding tert-OH is 1. The van der Waals surface area contributed by atoms with Crippen molar-refractivity contribution in [2.45, 2.75) is 28.0 Å². The number of hydrogen-bond acceptors (Lipinski definition) is 9. The molecule has 8 rings (SSSR count). The summed E-state index contributed by atoms with van der Waals surface area (Å²) in [5, 5.41) is 11.7. The number of amides is 2. The standard InChI is InChI=1S/C44H36IN5O6/c1-54-34-24-22-33(23-25-34)44(31-18-10-4-11-19-31,32-20-12-5-13-21-32)55-26-35-36(45)38(51)43(56-35)49-28-48-37-39(49)46-27-47-40(37)50(41(52)29-14-6-2-7-15-29)42(53)30-16-8-3-9-17-30/h2-25,27-28,35-36,38,43,51H,26H2,1H3/t35-,36+,38-,43-/m1/s1. The van der Waals surface area contributed by atoms with Crippen molar-refractivity contribution in [2.24, 2.45) is 0 Å². The second-order valence-corrected chi connectivity index (χ2v) is 14.6. The molecular weight excluding hydrogens is 821 g/mol. The SMILES string of the molecule is COc1ccc(C(OC[C@H]2O[C@@H](n3cnc4c(N(C(=O)c5ccccc5)C(=O)c5ccccc5)ncnc43)[C@H](O)[C@H]2I)(c2ccccc2)c2ccccc2)cc1. The van der Waals surface area contributed by atoms with Crippen LogP contribution in [0, 0.1) is 0 Å². The summed E-state index contributed by atoms with van der Waals surface area (Å²) < 4.78 is 20.4. The Hall–Kier alpha value is -5.80. The molecule has 12 heteroatoms. The highest BCUT2D eigenvalue weighted by Gasteiger charge is 2.46. The van der Waals surface area contributed by atoms with Crippen LogP contribution in [-0.4, -0.2) is 66.3 Å². The minimum absolute atomic E-state index is 0.00449. The Morgan fingerprint density at radius 1 is 0.750 bits per heavy atom. The summed E-state index contributed by atoms with van der Waals surface area (Å²) in [5.74, 6) is -0.428. The molecule has 0 bridgehead atoms. The lowest BCUT2D eigenvalue weighted by atomic mass is 9.80. The number of halogens is 1. The van der Waals surface area contributed by atoms with E-state index in [1.807, 2.05) is 84.9 Å². The number of rotatable bonds is 11. The third-order valence-electron chi connectivity index (χ3n) is 9.88. The number of aromatic nitrogens is 4. The van der Waals surface area contributed by atoms with Gasteiger partial charge in [0, 0.05) is 11.1 Å². The second kappa shape index (κ2) is 16.1. The van der Waals surface area contributed by atoms with Crippen molar-refractivity contribution in [3.8, 4) is 5.75 Å². The average molecular weight is 858 g/mol. The number of methoxy groups -OCH3 is 1. The van der Waals surface area contributed by atoms with E-state index in [0.717, 1.165) is 27.3 Å². The van der Waals surface area contributed by atoms with E-state index >= 15 is 0 Å². The van der Waals surface area contributed by atoms with E-state index in [1.54, 1.807) is 72.3 Å². The van der Waals surface area contributed by atoms with Gasteiger partial charge in [-0.05, 0) is 53.1 Å². The number of aliphatic hydroxyl groups is 1. The molecular formula is C44H36IN5O6. The first-order valence-corrected chi connectivity index (χ1v) is 19.2. The van der Waals surface area contributed by atoms with Gasteiger partial charge in [-0.3, -0.25) is 14.2 Å². The molecule has 7 aromatic rings. The normalized spacial score (nSPS) is 18.1. The van der Waals surface area contributed by atoms with Crippen molar-refractivity contribution >= 4 is 51.4 Å². The predicted octanol–water partition coefficient (Wildman–Crippen LogP) is 7.39. The van der Waals surface area contributed by atoms with Crippen molar-refractivity contribution in [1.29, 1.82) is 0 Å². The van der Waals surface area contributed by atoms with Crippen molar-refractivity contribution in [2.75, 3.05) is 18.6 Å². The average Bonchev–Trinajstić information content (AvgIpc) is 3.82. The van der Waals surface area contributed by atoms with Gasteiger partial charge in [0.1, 0.15) is 23.8 Å². The summed E-state index contributed by atoms with van der Waals surface area (Å²) in [4.78, 5) is 42.6. The first-order chi connectivity index (χ1) is 27.4. The summed E-state index contributed by atoms with van der Waals surface area (Å²) in [7, 11) is 1.63. The fourth-order valence-electron chi connectivity index (χ4n) is 7.10. The smallest absolute Gasteiger partial charge is 0.266 e. The molecule has 280 valence electrons. The number of nitrogens with zero attached hydrogens (tertiary/aromatic N) is 5. The number of benzene rings is 5. The zero-order chi connectivity index (χ0) is 38.6. The van der Waals surface area contributed by atoms with Gasteiger partial charge in [0.2, 0.25) is 0 Å². The van der Waals surface area contributed by atoms with Crippen LogP contribution in [0.25, 0.3) is 11.2 Å². The van der Waals surface area contributed by atoms with Crippen LogP contribution in [0.1, 0.15) is 43.6 Å². The molecule has 0 unspecified atom stereocenters. The van der Waals surface area contributed by atoms with E-state index in [0.29, 0.717) is 11.1 Å². The van der Waals surface area contributed by atoms with Crippen LogP contribution in [-0.2, 0) is 15.1 Å². The molecule has 11 nitrogen and oxygen atoms in total. The number of ether oxygens (including phenoxy) is 3. The number of imide groups is 1. The Balaban J connectivity index is 1.14. The lowest BCUT2D eigenvalue weighted by Gasteiger charge is -2.37. The molecule has 0 spiro atoms. The molecule has 5 aromatic carbocycles. The number of carbonyl (C=O) groups excluding carboxylic acids is 2. The summed E-state index contributed by atoms with van der Waals surface area (Å²) >= 11 is 2.20. The summed E-state index contributed by atoms with van der Waals surface area (Å²) in [6.07, 6.45) is 0.250. The summed E-state index contributed by atoms with van der Waals surface area (Å²) in [6, 6.07) is 44.8. The number of hydrogen-bond donors (Lipinski definition) is 1. The summed E-state index contributed by atoms with van der Waals surface area (Å²) in [6.45, 7) is 0.106. The molecule has 4 atom stereocenters. The van der Waals surface area contributed by atoms with Crippen molar-refractivity contribution in [1.82, 2.24) is 19.5 Å². The maximum atomic E-state index is 14.0. The van der Waals surface area contributed by atoms with Crippen LogP contribution in [0.15, 0.2) is 158 Å². The van der Waals surface area contributed by atoms with Gasteiger partial charge in [-0.15, -0.1) is 0 Å². The number of alkyl halides is 1. The van der Waals surface area contributed by atoms with E-state index in [4.69, 9.17) is 14.2 Å². The Morgan fingerprint density at radius 2 is 1.27 bits per heavy atom. The van der Waals surface area contributed by atoms with Gasteiger partial charge in [-0.1, -0.05) is 132 Å². The van der Waals surface area contributed by atoms with Crippen LogP contribution >= 0.6 is 22.6 Å². The zero-order valence-electron chi connectivity index (χ0n) is 30.1. The molecule has 0 aliphatic carbocycles. The van der Waals surface area contributed by atoms with Crippen LogP contribution < -0.4 is 9.64 Å². The summed E-state index contributed by atoms with van der Waals surface area (Å²) in [5.41, 5.74) is 2.74. The van der Waals surface area contributed by atoms with Crippen LogP contribution in [0.5, 0.6) is 5.75 Å². The number of fused-ring (bicyclic) bond motifs is 1. The Bertz CT molecular complexity index is 2340. The van der Waals surface area contributed by atoms with Crippen LogP contribution in [0.4, 0.5) is 5.82 Å². The molecule has 2 aromatic heterocycles. The lowest BCUT2D eigenvalue weighted by molar-refractivity contribution is -0.0846. The van der Waals surface area contributed by atoms with E-state index in [9.17, 15) is 14.7 Å². The molecule has 2 amide bonds. The highest BCUT2D eigenvalue weighted by Crippen LogP contribution is 2.43. The lowest BCUT2D eigenvalue weighted by Crippen LogP contribution is -2.38. The highest BCUT2D eigenvalue weighted by atomic mass is 127. The fourth-order valence-corrected chi connectivity index (χ4v) is 7.83. The number of imidazole rings is 1. The van der Waals surface area contributed by atoms with Gasteiger partial charge in [0.05, 0.1) is 30.1 Å². The van der Waals surface area contributed by atoms with E-state index in [-0.39, 0.29) is 23.6 Å². The molecule has 1 saturated heterocycles. The predicted molar refractivity (Wildman–Crippen MR) is 219 cm³/mol. The van der Waals surface area contributed by atoms with Crippen LogP contribution in [0.3, 0.4) is 0 Å². The van der Waals surface area contributed by atoms with Crippen LogP contribution in [0.2, 0.25) is 0 Å². The van der Waals surface area contributed by atoms with E-state index in [2.05, 4.69) is 37.5 Å². The first-order valence-electron chi connectivity index (χ1n) is 17.9. The molecule has 0 radical (unpaired) electrons. The molecule has 1 N–H and O–H groups in total. The third kappa shape index (κ3) is 6.85. The van der Waals surface area contributed by atoms with E-state index in [1.165, 1.54) is 12.7 Å². The zero-order valence-corrected chi connectivity index (χ0v) is 32.3. The molecule has 1 fully saturated rings. The number of carbonyl (C=O) groups is 2. The Kier molecular flexibility index (Phi) is 10.7. The molecule has 56 heavy (non-hydrogen) atoms. The Labute approximate surface area is 336 Å². The largest absolute Gasteiger partial charge is 0.497 e. The van der Waals surface area contributed by atoms with Gasteiger partial charge < -0.3 is 19.3 Å². The topological polar surface area (TPSA) is 129 Å². The van der Waals surface area contributed by atoms with Gasteiger partial charge in [0.25, 0.3) is 11.8 Å².